The van der Waals surface area contributed by atoms with Gasteiger partial charge >= 0.3 is 0 Å². The van der Waals surface area contributed by atoms with E-state index in [1.807, 2.05) is 13.0 Å². The summed E-state index contributed by atoms with van der Waals surface area (Å²) in [6.45, 7) is 5.43. The summed E-state index contributed by atoms with van der Waals surface area (Å²) >= 11 is 0. The SMILES string of the molecule is C=Cc1ccc(C(=O)CC)nc1. The smallest absolute Gasteiger partial charge is 0.180 e. The Morgan fingerprint density at radius 1 is 1.67 bits per heavy atom. The van der Waals surface area contributed by atoms with Crippen LogP contribution in [0.3, 0.4) is 0 Å². The molecule has 0 atom stereocenters. The predicted octanol–water partition coefficient (Wildman–Crippen LogP) is 2.32. The largest absolute Gasteiger partial charge is 0.292 e. The van der Waals surface area contributed by atoms with E-state index in [1.165, 1.54) is 0 Å². The van der Waals surface area contributed by atoms with Crippen molar-refractivity contribution in [2.24, 2.45) is 0 Å². The summed E-state index contributed by atoms with van der Waals surface area (Å²) in [6, 6.07) is 3.56. The lowest BCUT2D eigenvalue weighted by Gasteiger charge is -1.96. The fraction of sp³-hybridized carbons (Fsp3) is 0.200. The fourth-order valence-electron chi connectivity index (χ4n) is 0.872. The van der Waals surface area contributed by atoms with Gasteiger partial charge in [0.05, 0.1) is 0 Å². The van der Waals surface area contributed by atoms with E-state index in [9.17, 15) is 4.79 Å². The minimum absolute atomic E-state index is 0.0746. The van der Waals surface area contributed by atoms with E-state index in [4.69, 9.17) is 0 Å². The maximum absolute atomic E-state index is 11.1. The Labute approximate surface area is 71.9 Å². The molecule has 2 heteroatoms. The monoisotopic (exact) mass is 161 g/mol. The molecule has 62 valence electrons. The Hall–Kier alpha value is -1.44. The van der Waals surface area contributed by atoms with Crippen LogP contribution in [0.1, 0.15) is 29.4 Å². The van der Waals surface area contributed by atoms with E-state index in [-0.39, 0.29) is 5.78 Å². The van der Waals surface area contributed by atoms with Gasteiger partial charge in [0.1, 0.15) is 5.69 Å². The molecule has 0 N–H and O–H groups in total. The summed E-state index contributed by atoms with van der Waals surface area (Å²) in [7, 11) is 0. The molecule has 0 unspecified atom stereocenters. The Kier molecular flexibility index (Phi) is 2.75. The maximum Gasteiger partial charge on any atom is 0.180 e. The van der Waals surface area contributed by atoms with Crippen LogP contribution in [0.15, 0.2) is 24.9 Å². The molecule has 1 heterocycles. The molecule has 0 saturated heterocycles. The molecule has 2 nitrogen and oxygen atoms in total. The first kappa shape index (κ1) is 8.65. The van der Waals surface area contributed by atoms with Crippen molar-refractivity contribution in [1.82, 2.24) is 4.98 Å². The van der Waals surface area contributed by atoms with Crippen LogP contribution < -0.4 is 0 Å². The molecule has 0 aliphatic carbocycles. The van der Waals surface area contributed by atoms with Crippen LogP contribution in [0.25, 0.3) is 6.08 Å². The molecule has 0 amide bonds. The second-order valence-electron chi connectivity index (χ2n) is 2.46. The van der Waals surface area contributed by atoms with Gasteiger partial charge in [0, 0.05) is 12.6 Å². The summed E-state index contributed by atoms with van der Waals surface area (Å²) in [5.41, 5.74) is 1.46. The van der Waals surface area contributed by atoms with Crippen molar-refractivity contribution in [3.8, 4) is 0 Å². The number of pyridine rings is 1. The van der Waals surface area contributed by atoms with E-state index < -0.39 is 0 Å². The summed E-state index contributed by atoms with van der Waals surface area (Å²) in [4.78, 5) is 15.1. The highest BCUT2D eigenvalue weighted by atomic mass is 16.1. The molecule has 1 aromatic heterocycles. The standard InChI is InChI=1S/C10H11NO/c1-3-8-5-6-9(11-7-8)10(12)4-2/h3,5-7H,1,4H2,2H3. The average Bonchev–Trinajstić information content (AvgIpc) is 2.17. The van der Waals surface area contributed by atoms with Gasteiger partial charge in [-0.2, -0.15) is 0 Å². The Morgan fingerprint density at radius 3 is 2.83 bits per heavy atom. The van der Waals surface area contributed by atoms with Gasteiger partial charge in [-0.15, -0.1) is 0 Å². The molecule has 1 rings (SSSR count). The van der Waals surface area contributed by atoms with E-state index in [0.717, 1.165) is 5.56 Å². The fourth-order valence-corrected chi connectivity index (χ4v) is 0.872. The van der Waals surface area contributed by atoms with Crippen molar-refractivity contribution >= 4 is 11.9 Å². The number of rotatable bonds is 3. The number of Topliss-reactive ketones (excluding diaryl/α,β-unsaturated/α-hetero) is 1. The van der Waals surface area contributed by atoms with Gasteiger partial charge in [0.2, 0.25) is 0 Å². The zero-order chi connectivity index (χ0) is 8.97. The van der Waals surface area contributed by atoms with E-state index in [0.29, 0.717) is 12.1 Å². The Bertz CT molecular complexity index is 287. The van der Waals surface area contributed by atoms with Gasteiger partial charge in [-0.25, -0.2) is 0 Å². The summed E-state index contributed by atoms with van der Waals surface area (Å²) < 4.78 is 0. The molecule has 0 aliphatic heterocycles. The first-order chi connectivity index (χ1) is 5.77. The number of aromatic nitrogens is 1. The lowest BCUT2D eigenvalue weighted by atomic mass is 10.2. The third-order valence-electron chi connectivity index (χ3n) is 1.63. The van der Waals surface area contributed by atoms with Crippen LogP contribution in [0.4, 0.5) is 0 Å². The first-order valence-electron chi connectivity index (χ1n) is 3.89. The van der Waals surface area contributed by atoms with Crippen molar-refractivity contribution in [2.75, 3.05) is 0 Å². The van der Waals surface area contributed by atoms with Gasteiger partial charge in [0.25, 0.3) is 0 Å². The normalized spacial score (nSPS) is 9.42. The van der Waals surface area contributed by atoms with Crippen LogP contribution in [0.2, 0.25) is 0 Å². The van der Waals surface area contributed by atoms with Crippen LogP contribution in [0.5, 0.6) is 0 Å². The van der Waals surface area contributed by atoms with Crippen LogP contribution in [-0.4, -0.2) is 10.8 Å². The predicted molar refractivity (Wildman–Crippen MR) is 48.9 cm³/mol. The molecule has 12 heavy (non-hydrogen) atoms. The molecular weight excluding hydrogens is 150 g/mol. The van der Waals surface area contributed by atoms with Crippen molar-refractivity contribution in [2.45, 2.75) is 13.3 Å². The average molecular weight is 161 g/mol. The van der Waals surface area contributed by atoms with Crippen molar-refractivity contribution < 1.29 is 4.79 Å². The van der Waals surface area contributed by atoms with Crippen LogP contribution in [-0.2, 0) is 0 Å². The van der Waals surface area contributed by atoms with Crippen LogP contribution >= 0.6 is 0 Å². The molecule has 0 bridgehead atoms. The van der Waals surface area contributed by atoms with Gasteiger partial charge in [-0.3, -0.25) is 9.78 Å². The quantitative estimate of drug-likeness (QED) is 0.637. The van der Waals surface area contributed by atoms with Crippen LogP contribution in [0, 0.1) is 0 Å². The van der Waals surface area contributed by atoms with Gasteiger partial charge in [-0.1, -0.05) is 25.6 Å². The number of ketones is 1. The topological polar surface area (TPSA) is 30.0 Å². The van der Waals surface area contributed by atoms with Gasteiger partial charge in [-0.05, 0) is 11.6 Å². The summed E-state index contributed by atoms with van der Waals surface area (Å²) in [5, 5.41) is 0. The Balaban J connectivity index is 2.91. The highest BCUT2D eigenvalue weighted by Gasteiger charge is 2.02. The highest BCUT2D eigenvalue weighted by Crippen LogP contribution is 2.03. The highest BCUT2D eigenvalue weighted by molar-refractivity contribution is 5.93. The van der Waals surface area contributed by atoms with E-state index >= 15 is 0 Å². The number of hydrogen-bond donors (Lipinski definition) is 0. The third-order valence-corrected chi connectivity index (χ3v) is 1.63. The lowest BCUT2D eigenvalue weighted by molar-refractivity contribution is 0.0983. The van der Waals surface area contributed by atoms with E-state index in [2.05, 4.69) is 11.6 Å². The second-order valence-corrected chi connectivity index (χ2v) is 2.46. The molecule has 0 aromatic carbocycles. The van der Waals surface area contributed by atoms with Gasteiger partial charge in [0.15, 0.2) is 5.78 Å². The number of nitrogens with zero attached hydrogens (tertiary/aromatic N) is 1. The molecule has 0 spiro atoms. The second kappa shape index (κ2) is 3.81. The minimum atomic E-state index is 0.0746. The number of carbonyl (C=O) groups excluding carboxylic acids is 1. The molecule has 0 radical (unpaired) electrons. The first-order valence-corrected chi connectivity index (χ1v) is 3.89. The summed E-state index contributed by atoms with van der Waals surface area (Å²) in [6.07, 6.45) is 3.85. The molecule has 1 aromatic rings. The molecule has 0 aliphatic rings. The maximum atomic E-state index is 11.1. The number of carbonyl (C=O) groups is 1. The molecular formula is C10H11NO. The molecule has 0 saturated carbocycles. The lowest BCUT2D eigenvalue weighted by Crippen LogP contribution is -1.99. The summed E-state index contributed by atoms with van der Waals surface area (Å²) in [5.74, 6) is 0.0746. The van der Waals surface area contributed by atoms with Crippen molar-refractivity contribution in [3.05, 3.63) is 36.2 Å². The Morgan fingerprint density at radius 2 is 2.42 bits per heavy atom. The zero-order valence-electron chi connectivity index (χ0n) is 7.08. The minimum Gasteiger partial charge on any atom is -0.292 e. The molecule has 0 fully saturated rings. The van der Waals surface area contributed by atoms with E-state index in [1.54, 1.807) is 18.3 Å². The van der Waals surface area contributed by atoms with Crippen molar-refractivity contribution in [1.29, 1.82) is 0 Å². The zero-order valence-corrected chi connectivity index (χ0v) is 7.08. The van der Waals surface area contributed by atoms with Crippen molar-refractivity contribution in [3.63, 3.8) is 0 Å². The van der Waals surface area contributed by atoms with Gasteiger partial charge < -0.3 is 0 Å². The number of hydrogen-bond acceptors (Lipinski definition) is 2. The third kappa shape index (κ3) is 1.78.